The highest BCUT2D eigenvalue weighted by molar-refractivity contribution is 5.92. The third kappa shape index (κ3) is 4.80. The van der Waals surface area contributed by atoms with Crippen LogP contribution >= 0.6 is 0 Å². The minimum absolute atomic E-state index is 0.000530. The minimum atomic E-state index is -0.261. The van der Waals surface area contributed by atoms with Crippen LogP contribution in [0, 0.1) is 0 Å². The first-order chi connectivity index (χ1) is 10.5. The maximum atomic E-state index is 12.0. The van der Waals surface area contributed by atoms with Crippen LogP contribution in [0.25, 0.3) is 0 Å². The molecule has 1 saturated carbocycles. The fourth-order valence-corrected chi connectivity index (χ4v) is 2.40. The first-order valence-corrected chi connectivity index (χ1v) is 7.15. The Morgan fingerprint density at radius 3 is 2.55 bits per heavy atom. The number of aromatic nitrogens is 2. The zero-order valence-corrected chi connectivity index (χ0v) is 12.3. The van der Waals surface area contributed by atoms with Crippen LogP contribution < -0.4 is 16.0 Å². The van der Waals surface area contributed by atoms with Crippen molar-refractivity contribution < 1.29 is 14.4 Å². The van der Waals surface area contributed by atoms with E-state index in [2.05, 4.69) is 25.9 Å². The van der Waals surface area contributed by atoms with Gasteiger partial charge in [-0.1, -0.05) is 0 Å². The van der Waals surface area contributed by atoms with Gasteiger partial charge in [0.25, 0.3) is 5.91 Å². The van der Waals surface area contributed by atoms with E-state index in [1.165, 1.54) is 25.5 Å². The molecule has 0 spiro atoms. The summed E-state index contributed by atoms with van der Waals surface area (Å²) in [6.07, 6.45) is 6.63. The fraction of sp³-hybridized carbons (Fsp3) is 0.500. The molecule has 3 N–H and O–H groups in total. The molecule has 1 aliphatic carbocycles. The van der Waals surface area contributed by atoms with E-state index in [0.717, 1.165) is 12.8 Å². The lowest BCUT2D eigenvalue weighted by molar-refractivity contribution is -0.125. The summed E-state index contributed by atoms with van der Waals surface area (Å²) in [5, 5.41) is 8.18. The average molecular weight is 305 g/mol. The zero-order valence-electron chi connectivity index (χ0n) is 12.3. The quantitative estimate of drug-likeness (QED) is 0.671. The number of hydrogen-bond donors (Lipinski definition) is 3. The Balaban J connectivity index is 1.75. The van der Waals surface area contributed by atoms with Gasteiger partial charge in [0.05, 0.1) is 12.7 Å². The monoisotopic (exact) mass is 305 g/mol. The van der Waals surface area contributed by atoms with Crippen molar-refractivity contribution in [2.24, 2.45) is 0 Å². The molecule has 0 aliphatic heterocycles. The van der Waals surface area contributed by atoms with Crippen LogP contribution in [0.2, 0.25) is 0 Å². The maximum Gasteiger partial charge on any atom is 0.271 e. The molecule has 0 bridgehead atoms. The second kappa shape index (κ2) is 7.48. The molecule has 8 heteroatoms. The van der Waals surface area contributed by atoms with E-state index in [-0.39, 0.29) is 42.0 Å². The number of nitrogens with one attached hydrogen (secondary N) is 3. The van der Waals surface area contributed by atoms with E-state index in [4.69, 9.17) is 0 Å². The lowest BCUT2D eigenvalue weighted by Crippen LogP contribution is -2.41. The highest BCUT2D eigenvalue weighted by atomic mass is 16.2. The van der Waals surface area contributed by atoms with E-state index >= 15 is 0 Å². The van der Waals surface area contributed by atoms with Crippen LogP contribution in [0.5, 0.6) is 0 Å². The number of hydrogen-bond acceptors (Lipinski definition) is 5. The Bertz CT molecular complexity index is 549. The van der Waals surface area contributed by atoms with Crippen molar-refractivity contribution in [2.45, 2.75) is 38.3 Å². The fourth-order valence-electron chi connectivity index (χ4n) is 2.40. The number of carbonyl (C=O) groups is 3. The molecular weight excluding hydrogens is 286 g/mol. The second-order valence-corrected chi connectivity index (χ2v) is 5.25. The molecule has 2 atom stereocenters. The summed E-state index contributed by atoms with van der Waals surface area (Å²) < 4.78 is 0. The van der Waals surface area contributed by atoms with Gasteiger partial charge in [0.1, 0.15) is 5.69 Å². The van der Waals surface area contributed by atoms with E-state index in [1.54, 1.807) is 0 Å². The first kappa shape index (κ1) is 15.9. The Labute approximate surface area is 128 Å². The Hall–Kier alpha value is -2.51. The van der Waals surface area contributed by atoms with Crippen molar-refractivity contribution in [1.29, 1.82) is 0 Å². The highest BCUT2D eigenvalue weighted by Gasteiger charge is 2.27. The number of nitrogens with zero attached hydrogens (tertiary/aromatic N) is 2. The molecule has 3 amide bonds. The Kier molecular flexibility index (Phi) is 5.40. The van der Waals surface area contributed by atoms with Crippen molar-refractivity contribution in [3.8, 4) is 0 Å². The highest BCUT2D eigenvalue weighted by Crippen LogP contribution is 2.19. The van der Waals surface area contributed by atoms with Gasteiger partial charge in [-0.25, -0.2) is 4.98 Å². The molecule has 1 heterocycles. The van der Waals surface area contributed by atoms with Crippen LogP contribution in [0.3, 0.4) is 0 Å². The SMILES string of the molecule is CC(=O)NCC(=O)N[C@H]1CC[C@@H](NC(=O)c2cnccn2)C1. The largest absolute Gasteiger partial charge is 0.352 e. The van der Waals surface area contributed by atoms with E-state index in [1.807, 2.05) is 0 Å². The summed E-state index contributed by atoms with van der Waals surface area (Å²) in [4.78, 5) is 42.1. The summed E-state index contributed by atoms with van der Waals surface area (Å²) in [6.45, 7) is 1.34. The molecule has 1 aliphatic rings. The normalized spacial score (nSPS) is 20.2. The smallest absolute Gasteiger partial charge is 0.271 e. The number of rotatable bonds is 5. The molecule has 0 aromatic carbocycles. The van der Waals surface area contributed by atoms with Gasteiger partial charge in [-0.15, -0.1) is 0 Å². The summed E-state index contributed by atoms with van der Waals surface area (Å²) in [5.74, 6) is -0.722. The summed E-state index contributed by atoms with van der Waals surface area (Å²) >= 11 is 0. The summed E-state index contributed by atoms with van der Waals surface area (Å²) in [7, 11) is 0. The summed E-state index contributed by atoms with van der Waals surface area (Å²) in [6, 6.07) is 0.00832. The second-order valence-electron chi connectivity index (χ2n) is 5.25. The molecule has 0 radical (unpaired) electrons. The van der Waals surface area contributed by atoms with E-state index < -0.39 is 0 Å². The van der Waals surface area contributed by atoms with Crippen LogP contribution in [0.4, 0.5) is 0 Å². The maximum absolute atomic E-state index is 12.0. The van der Waals surface area contributed by atoms with Crippen molar-refractivity contribution in [3.05, 3.63) is 24.3 Å². The molecule has 1 aromatic rings. The lowest BCUT2D eigenvalue weighted by Gasteiger charge is -2.14. The van der Waals surface area contributed by atoms with Gasteiger partial charge in [0.15, 0.2) is 0 Å². The molecule has 0 saturated heterocycles. The molecule has 1 fully saturated rings. The average Bonchev–Trinajstić information content (AvgIpc) is 2.93. The zero-order chi connectivity index (χ0) is 15.9. The van der Waals surface area contributed by atoms with E-state index in [0.29, 0.717) is 6.42 Å². The van der Waals surface area contributed by atoms with Crippen LogP contribution in [0.15, 0.2) is 18.6 Å². The van der Waals surface area contributed by atoms with Crippen molar-refractivity contribution in [1.82, 2.24) is 25.9 Å². The predicted molar refractivity (Wildman–Crippen MR) is 77.8 cm³/mol. The molecule has 118 valence electrons. The van der Waals surface area contributed by atoms with Gasteiger partial charge in [-0.2, -0.15) is 0 Å². The van der Waals surface area contributed by atoms with Gasteiger partial charge in [-0.3, -0.25) is 19.4 Å². The van der Waals surface area contributed by atoms with Crippen LogP contribution in [-0.2, 0) is 9.59 Å². The van der Waals surface area contributed by atoms with Gasteiger partial charge < -0.3 is 16.0 Å². The standard InChI is InChI=1S/C14H19N5O3/c1-9(20)17-8-13(21)18-10-2-3-11(6-10)19-14(22)12-7-15-4-5-16-12/h4-5,7,10-11H,2-3,6,8H2,1H3,(H,17,20)(H,18,21)(H,19,22)/t10-,11+/m0/s1. The van der Waals surface area contributed by atoms with Crippen LogP contribution in [0.1, 0.15) is 36.7 Å². The van der Waals surface area contributed by atoms with Crippen molar-refractivity contribution in [2.75, 3.05) is 6.54 Å². The minimum Gasteiger partial charge on any atom is -0.352 e. The van der Waals surface area contributed by atoms with Gasteiger partial charge in [-0.05, 0) is 19.3 Å². The Morgan fingerprint density at radius 2 is 1.91 bits per heavy atom. The van der Waals surface area contributed by atoms with Crippen LogP contribution in [-0.4, -0.2) is 46.3 Å². The predicted octanol–water partition coefficient (Wildman–Crippen LogP) is -0.620. The third-order valence-electron chi connectivity index (χ3n) is 3.43. The lowest BCUT2D eigenvalue weighted by atomic mass is 10.2. The van der Waals surface area contributed by atoms with Gasteiger partial charge >= 0.3 is 0 Å². The summed E-state index contributed by atoms with van der Waals surface area (Å²) in [5.41, 5.74) is 0.278. The molecule has 0 unspecified atom stereocenters. The van der Waals surface area contributed by atoms with Gasteiger partial charge in [0.2, 0.25) is 11.8 Å². The molecule has 22 heavy (non-hydrogen) atoms. The molecular formula is C14H19N5O3. The van der Waals surface area contributed by atoms with Crippen molar-refractivity contribution >= 4 is 17.7 Å². The topological polar surface area (TPSA) is 113 Å². The van der Waals surface area contributed by atoms with Crippen molar-refractivity contribution in [3.63, 3.8) is 0 Å². The first-order valence-electron chi connectivity index (χ1n) is 7.15. The number of carbonyl (C=O) groups excluding carboxylic acids is 3. The third-order valence-corrected chi connectivity index (χ3v) is 3.43. The molecule has 8 nitrogen and oxygen atoms in total. The molecule has 2 rings (SSSR count). The van der Waals surface area contributed by atoms with E-state index in [9.17, 15) is 14.4 Å². The molecule has 1 aromatic heterocycles. The Morgan fingerprint density at radius 1 is 1.18 bits per heavy atom. The number of amides is 3. The van der Waals surface area contributed by atoms with Gasteiger partial charge in [0, 0.05) is 31.4 Å².